The van der Waals surface area contributed by atoms with Gasteiger partial charge in [-0.2, -0.15) is 8.42 Å². The van der Waals surface area contributed by atoms with Crippen LogP contribution in [0.4, 0.5) is 0 Å². The van der Waals surface area contributed by atoms with Crippen molar-refractivity contribution in [3.05, 3.63) is 23.8 Å². The molecule has 30 heavy (non-hydrogen) atoms. The van der Waals surface area contributed by atoms with Crippen molar-refractivity contribution in [3.8, 4) is 0 Å². The van der Waals surface area contributed by atoms with Crippen LogP contribution in [0.1, 0.15) is 72.1 Å². The van der Waals surface area contributed by atoms with E-state index in [1.165, 1.54) is 6.92 Å². The molecule has 166 valence electrons. The zero-order valence-electron chi connectivity index (χ0n) is 18.1. The van der Waals surface area contributed by atoms with E-state index in [1.807, 2.05) is 0 Å². The standard InChI is InChI=1S/C23H32O6S/c1-4-20(24)28-29-30(26,27)21(25)19-11-10-17-16-9-8-15-7-5-6-13-22(15,2)18(16)12-14-23(17,19)3/h6-7,13,16-19H,4-5,8-12,14H2,1-3H3/t16-,17-,18-,19+,22-,23-/m0/s1. The van der Waals surface area contributed by atoms with Crippen molar-refractivity contribution in [1.82, 2.24) is 0 Å². The molecule has 0 amide bonds. The van der Waals surface area contributed by atoms with Gasteiger partial charge in [0.05, 0.1) is 0 Å². The molecule has 7 heteroatoms. The van der Waals surface area contributed by atoms with Gasteiger partial charge in [-0.3, -0.25) is 9.68 Å². The van der Waals surface area contributed by atoms with E-state index in [9.17, 15) is 18.0 Å². The Hall–Kier alpha value is -1.47. The van der Waals surface area contributed by atoms with Crippen LogP contribution in [0.5, 0.6) is 0 Å². The molecule has 3 saturated carbocycles. The topological polar surface area (TPSA) is 86.7 Å². The van der Waals surface area contributed by atoms with Crippen LogP contribution >= 0.6 is 0 Å². The van der Waals surface area contributed by atoms with Crippen molar-refractivity contribution in [2.75, 3.05) is 0 Å². The van der Waals surface area contributed by atoms with Gasteiger partial charge in [-0.25, -0.2) is 4.79 Å². The fourth-order valence-electron chi connectivity index (χ4n) is 7.08. The van der Waals surface area contributed by atoms with Crippen LogP contribution in [0.25, 0.3) is 0 Å². The molecule has 0 radical (unpaired) electrons. The fourth-order valence-corrected chi connectivity index (χ4v) is 8.04. The van der Waals surface area contributed by atoms with E-state index < -0.39 is 27.1 Å². The summed E-state index contributed by atoms with van der Waals surface area (Å²) in [5.74, 6) is -0.0673. The summed E-state index contributed by atoms with van der Waals surface area (Å²) in [6.07, 6.45) is 13.4. The first-order valence-corrected chi connectivity index (χ1v) is 12.6. The third kappa shape index (κ3) is 3.29. The van der Waals surface area contributed by atoms with Crippen molar-refractivity contribution >= 4 is 21.2 Å². The van der Waals surface area contributed by atoms with Gasteiger partial charge in [0.2, 0.25) is 0 Å². The van der Waals surface area contributed by atoms with Crippen LogP contribution in [0.2, 0.25) is 0 Å². The summed E-state index contributed by atoms with van der Waals surface area (Å²) < 4.78 is 29.2. The Kier molecular flexibility index (Phi) is 5.50. The molecule has 4 rings (SSSR count). The zero-order valence-corrected chi connectivity index (χ0v) is 18.9. The summed E-state index contributed by atoms with van der Waals surface area (Å²) in [6, 6.07) is 0. The highest BCUT2D eigenvalue weighted by atomic mass is 32.2. The average molecular weight is 437 g/mol. The lowest BCUT2D eigenvalue weighted by atomic mass is 9.48. The van der Waals surface area contributed by atoms with E-state index in [4.69, 9.17) is 0 Å². The van der Waals surface area contributed by atoms with Crippen molar-refractivity contribution in [2.24, 2.45) is 34.5 Å². The molecular weight excluding hydrogens is 404 g/mol. The van der Waals surface area contributed by atoms with Crippen molar-refractivity contribution in [3.63, 3.8) is 0 Å². The smallest absolute Gasteiger partial charge is 0.281 e. The van der Waals surface area contributed by atoms with E-state index in [1.54, 1.807) is 5.57 Å². The number of fused-ring (bicyclic) bond motifs is 5. The molecule has 4 aliphatic rings. The number of carbonyl (C=O) groups excluding carboxylic acids is 2. The van der Waals surface area contributed by atoms with Gasteiger partial charge in [0.15, 0.2) is 0 Å². The molecule has 0 bridgehead atoms. The monoisotopic (exact) mass is 436 g/mol. The quantitative estimate of drug-likeness (QED) is 0.367. The van der Waals surface area contributed by atoms with Gasteiger partial charge in [0, 0.05) is 17.8 Å². The maximum absolute atomic E-state index is 13.0. The molecule has 0 aliphatic heterocycles. The van der Waals surface area contributed by atoms with Gasteiger partial charge in [-0.05, 0) is 72.4 Å². The molecule has 0 aromatic rings. The van der Waals surface area contributed by atoms with Gasteiger partial charge in [0.25, 0.3) is 5.12 Å². The van der Waals surface area contributed by atoms with Crippen LogP contribution in [-0.4, -0.2) is 19.5 Å². The first-order valence-electron chi connectivity index (χ1n) is 11.2. The summed E-state index contributed by atoms with van der Waals surface area (Å²) in [7, 11) is -4.60. The number of hydrogen-bond acceptors (Lipinski definition) is 6. The van der Waals surface area contributed by atoms with E-state index in [0.29, 0.717) is 24.2 Å². The molecule has 0 N–H and O–H groups in total. The largest absolute Gasteiger partial charge is 0.366 e. The highest BCUT2D eigenvalue weighted by Gasteiger charge is 2.61. The number of allylic oxidation sites excluding steroid dienone is 4. The van der Waals surface area contributed by atoms with Crippen molar-refractivity contribution in [1.29, 1.82) is 0 Å². The summed E-state index contributed by atoms with van der Waals surface area (Å²) >= 11 is 0. The van der Waals surface area contributed by atoms with E-state index in [2.05, 4.69) is 41.3 Å². The van der Waals surface area contributed by atoms with E-state index >= 15 is 0 Å². The Balaban J connectivity index is 1.55. The highest BCUT2D eigenvalue weighted by molar-refractivity contribution is 8.01. The van der Waals surface area contributed by atoms with Gasteiger partial charge in [0.1, 0.15) is 0 Å². The van der Waals surface area contributed by atoms with E-state index in [-0.39, 0.29) is 17.3 Å². The first-order chi connectivity index (χ1) is 14.1. The van der Waals surface area contributed by atoms with Crippen molar-refractivity contribution in [2.45, 2.75) is 72.1 Å². The molecule has 0 unspecified atom stereocenters. The molecule has 6 atom stereocenters. The molecule has 4 aliphatic carbocycles. The van der Waals surface area contributed by atoms with Gasteiger partial charge >= 0.3 is 16.1 Å². The lowest BCUT2D eigenvalue weighted by Gasteiger charge is -2.57. The average Bonchev–Trinajstić information content (AvgIpc) is 3.08. The van der Waals surface area contributed by atoms with Crippen LogP contribution in [0.3, 0.4) is 0 Å². The molecule has 0 spiro atoms. The predicted molar refractivity (Wildman–Crippen MR) is 111 cm³/mol. The summed E-state index contributed by atoms with van der Waals surface area (Å²) in [5.41, 5.74) is 1.28. The third-order valence-electron chi connectivity index (χ3n) is 8.65. The minimum Gasteiger partial charge on any atom is -0.281 e. The Morgan fingerprint density at radius 3 is 2.63 bits per heavy atom. The molecule has 0 aromatic carbocycles. The second-order valence-electron chi connectivity index (χ2n) is 9.89. The predicted octanol–water partition coefficient (Wildman–Crippen LogP) is 4.47. The summed E-state index contributed by atoms with van der Waals surface area (Å²) in [4.78, 5) is 28.5. The van der Waals surface area contributed by atoms with Gasteiger partial charge < -0.3 is 0 Å². The minimum atomic E-state index is -4.60. The maximum Gasteiger partial charge on any atom is 0.366 e. The van der Waals surface area contributed by atoms with Crippen LogP contribution in [0.15, 0.2) is 23.8 Å². The molecule has 0 saturated heterocycles. The second kappa shape index (κ2) is 7.59. The lowest BCUT2D eigenvalue weighted by Crippen LogP contribution is -2.50. The lowest BCUT2D eigenvalue weighted by molar-refractivity contribution is -0.211. The Morgan fingerprint density at radius 2 is 1.90 bits per heavy atom. The van der Waals surface area contributed by atoms with Crippen molar-refractivity contribution < 1.29 is 27.2 Å². The van der Waals surface area contributed by atoms with Crippen LogP contribution < -0.4 is 0 Å². The van der Waals surface area contributed by atoms with Gasteiger partial charge in [-0.1, -0.05) is 44.6 Å². The van der Waals surface area contributed by atoms with Crippen LogP contribution in [-0.2, 0) is 28.9 Å². The zero-order chi connectivity index (χ0) is 21.7. The second-order valence-corrected chi connectivity index (χ2v) is 11.3. The molecule has 0 heterocycles. The third-order valence-corrected chi connectivity index (χ3v) is 9.67. The van der Waals surface area contributed by atoms with Gasteiger partial charge in [-0.15, -0.1) is 0 Å². The number of rotatable bonds is 4. The Bertz CT molecular complexity index is 903. The highest BCUT2D eigenvalue weighted by Crippen LogP contribution is 2.66. The number of hydrogen-bond donors (Lipinski definition) is 0. The maximum atomic E-state index is 13.0. The molecular formula is C23H32O6S. The Labute approximate surface area is 179 Å². The molecule has 3 fully saturated rings. The van der Waals surface area contributed by atoms with Crippen LogP contribution in [0, 0.1) is 34.5 Å². The SMILES string of the molecule is CCC(=O)OOS(=O)(=O)C(=O)[C@H]1CC[C@H]2[C@@H]3CCC4=CCC=C[C@]4(C)[C@H]3CC[C@]12C. The summed E-state index contributed by atoms with van der Waals surface area (Å²) in [6.45, 7) is 5.96. The minimum absolute atomic E-state index is 0.0281. The molecule has 6 nitrogen and oxygen atoms in total. The summed E-state index contributed by atoms with van der Waals surface area (Å²) in [5, 5.41) is -0.935. The normalized spacial score (nSPS) is 40.0. The Morgan fingerprint density at radius 1 is 1.13 bits per heavy atom. The fraction of sp³-hybridized carbons (Fsp3) is 0.739. The number of carbonyl (C=O) groups is 2. The first kappa shape index (κ1) is 21.8. The van der Waals surface area contributed by atoms with E-state index in [0.717, 1.165) is 38.5 Å². The molecule has 0 aromatic heterocycles.